The summed E-state index contributed by atoms with van der Waals surface area (Å²) in [6.07, 6.45) is 2.05. The average molecular weight is 305 g/mol. The monoisotopic (exact) mass is 304 g/mol. The maximum atomic E-state index is 12.0. The maximum Gasteiger partial charge on any atom is 0.252 e. The predicted molar refractivity (Wildman–Crippen MR) is 82.5 cm³/mol. The summed E-state index contributed by atoms with van der Waals surface area (Å²) in [7, 11) is 0. The highest BCUT2D eigenvalue weighted by Gasteiger charge is 2.13. The number of aliphatic hydroxyl groups excluding tert-OH is 1. The maximum absolute atomic E-state index is 12.0. The standard InChI is InChI=1S/C16H17ClN2O2/c17-15-7-6-14(11-18-15)16(21)19-10-13(8-9-20)12-4-2-1-3-5-12/h1-7,11,13,20H,8-10H2,(H,19,21). The van der Waals surface area contributed by atoms with Gasteiger partial charge in [-0.1, -0.05) is 41.9 Å². The molecule has 1 unspecified atom stereocenters. The van der Waals surface area contributed by atoms with Crippen molar-refractivity contribution < 1.29 is 9.90 Å². The van der Waals surface area contributed by atoms with Crippen LogP contribution in [0.2, 0.25) is 5.15 Å². The minimum Gasteiger partial charge on any atom is -0.396 e. The van der Waals surface area contributed by atoms with Gasteiger partial charge in [0.1, 0.15) is 5.15 Å². The van der Waals surface area contributed by atoms with Gasteiger partial charge in [-0.05, 0) is 24.1 Å². The molecule has 1 atom stereocenters. The van der Waals surface area contributed by atoms with Crippen LogP contribution in [0.4, 0.5) is 0 Å². The van der Waals surface area contributed by atoms with Crippen molar-refractivity contribution in [1.29, 1.82) is 0 Å². The van der Waals surface area contributed by atoms with E-state index >= 15 is 0 Å². The number of hydrogen-bond donors (Lipinski definition) is 2. The number of aromatic nitrogens is 1. The lowest BCUT2D eigenvalue weighted by molar-refractivity contribution is 0.0949. The fourth-order valence-electron chi connectivity index (χ4n) is 2.10. The van der Waals surface area contributed by atoms with Gasteiger partial charge in [-0.25, -0.2) is 4.98 Å². The molecule has 21 heavy (non-hydrogen) atoms. The molecule has 1 aromatic heterocycles. The fourth-order valence-corrected chi connectivity index (χ4v) is 2.21. The third kappa shape index (κ3) is 4.55. The zero-order valence-electron chi connectivity index (χ0n) is 11.5. The van der Waals surface area contributed by atoms with Crippen LogP contribution in [0, 0.1) is 0 Å². The molecule has 0 saturated heterocycles. The molecule has 1 amide bonds. The number of carbonyl (C=O) groups is 1. The second-order valence-corrected chi connectivity index (χ2v) is 5.09. The average Bonchev–Trinajstić information content (AvgIpc) is 2.52. The predicted octanol–water partition coefficient (Wildman–Crippen LogP) is 2.63. The molecular weight excluding hydrogens is 288 g/mol. The molecule has 0 bridgehead atoms. The normalized spacial score (nSPS) is 11.9. The van der Waals surface area contributed by atoms with Gasteiger partial charge in [0.25, 0.3) is 5.91 Å². The third-order valence-electron chi connectivity index (χ3n) is 3.25. The third-order valence-corrected chi connectivity index (χ3v) is 3.47. The summed E-state index contributed by atoms with van der Waals surface area (Å²) in [5.74, 6) is -0.113. The summed E-state index contributed by atoms with van der Waals surface area (Å²) >= 11 is 5.69. The topological polar surface area (TPSA) is 62.2 Å². The van der Waals surface area contributed by atoms with Crippen LogP contribution in [0.3, 0.4) is 0 Å². The van der Waals surface area contributed by atoms with E-state index in [4.69, 9.17) is 11.6 Å². The molecular formula is C16H17ClN2O2. The van der Waals surface area contributed by atoms with E-state index < -0.39 is 0 Å². The Kier molecular flexibility index (Phi) is 5.72. The van der Waals surface area contributed by atoms with Gasteiger partial charge >= 0.3 is 0 Å². The van der Waals surface area contributed by atoms with Gasteiger partial charge in [0.15, 0.2) is 0 Å². The van der Waals surface area contributed by atoms with Gasteiger partial charge in [0.05, 0.1) is 5.56 Å². The van der Waals surface area contributed by atoms with Crippen LogP contribution < -0.4 is 5.32 Å². The highest BCUT2D eigenvalue weighted by atomic mass is 35.5. The van der Waals surface area contributed by atoms with E-state index in [1.54, 1.807) is 12.1 Å². The van der Waals surface area contributed by atoms with Gasteiger partial charge in [-0.2, -0.15) is 0 Å². The van der Waals surface area contributed by atoms with Crippen molar-refractivity contribution in [2.45, 2.75) is 12.3 Å². The van der Waals surface area contributed by atoms with Crippen LogP contribution in [-0.2, 0) is 0 Å². The smallest absolute Gasteiger partial charge is 0.252 e. The molecule has 5 heteroatoms. The summed E-state index contributed by atoms with van der Waals surface area (Å²) in [5, 5.41) is 12.4. The number of amides is 1. The number of carbonyl (C=O) groups excluding carboxylic acids is 1. The van der Waals surface area contributed by atoms with Crippen LogP contribution in [0.5, 0.6) is 0 Å². The summed E-state index contributed by atoms with van der Waals surface area (Å²) in [5.41, 5.74) is 1.57. The van der Waals surface area contributed by atoms with Gasteiger partial charge in [-0.3, -0.25) is 4.79 Å². The first-order chi connectivity index (χ1) is 10.2. The van der Waals surface area contributed by atoms with Crippen LogP contribution in [-0.4, -0.2) is 29.1 Å². The zero-order chi connectivity index (χ0) is 15.1. The number of halogens is 1. The second-order valence-electron chi connectivity index (χ2n) is 4.70. The number of aliphatic hydroxyl groups is 1. The Balaban J connectivity index is 1.98. The number of benzene rings is 1. The number of hydrogen-bond acceptors (Lipinski definition) is 3. The molecule has 0 saturated carbocycles. The van der Waals surface area contributed by atoms with Crippen molar-refractivity contribution >= 4 is 17.5 Å². The minimum atomic E-state index is -0.196. The molecule has 0 spiro atoms. The Morgan fingerprint density at radius 1 is 1.24 bits per heavy atom. The molecule has 110 valence electrons. The molecule has 0 fully saturated rings. The fraction of sp³-hybridized carbons (Fsp3) is 0.250. The summed E-state index contributed by atoms with van der Waals surface area (Å²) in [6, 6.07) is 13.0. The Hall–Kier alpha value is -1.91. The lowest BCUT2D eigenvalue weighted by Crippen LogP contribution is -2.29. The Labute approximate surface area is 128 Å². The highest BCUT2D eigenvalue weighted by molar-refractivity contribution is 6.29. The number of nitrogens with zero attached hydrogens (tertiary/aromatic N) is 1. The van der Waals surface area contributed by atoms with E-state index in [1.165, 1.54) is 6.20 Å². The van der Waals surface area contributed by atoms with Gasteiger partial charge < -0.3 is 10.4 Å². The van der Waals surface area contributed by atoms with Crippen LogP contribution in [0.1, 0.15) is 28.3 Å². The van der Waals surface area contributed by atoms with E-state index in [-0.39, 0.29) is 18.4 Å². The molecule has 1 aromatic carbocycles. The van der Waals surface area contributed by atoms with E-state index in [0.29, 0.717) is 23.7 Å². The SMILES string of the molecule is O=C(NCC(CCO)c1ccccc1)c1ccc(Cl)nc1. The van der Waals surface area contributed by atoms with E-state index in [2.05, 4.69) is 10.3 Å². The number of pyridine rings is 1. The van der Waals surface area contributed by atoms with Crippen LogP contribution >= 0.6 is 11.6 Å². The molecule has 2 aromatic rings. The van der Waals surface area contributed by atoms with Crippen molar-refractivity contribution in [2.75, 3.05) is 13.2 Å². The Morgan fingerprint density at radius 3 is 2.62 bits per heavy atom. The Morgan fingerprint density at radius 2 is 2.00 bits per heavy atom. The molecule has 4 nitrogen and oxygen atoms in total. The van der Waals surface area contributed by atoms with Gasteiger partial charge in [0.2, 0.25) is 0 Å². The number of rotatable bonds is 6. The molecule has 2 N–H and O–H groups in total. The lowest BCUT2D eigenvalue weighted by Gasteiger charge is -2.17. The van der Waals surface area contributed by atoms with Gasteiger partial charge in [0, 0.05) is 25.3 Å². The highest BCUT2D eigenvalue weighted by Crippen LogP contribution is 2.18. The van der Waals surface area contributed by atoms with Crippen LogP contribution in [0.15, 0.2) is 48.7 Å². The van der Waals surface area contributed by atoms with E-state index in [0.717, 1.165) is 5.56 Å². The summed E-state index contributed by atoms with van der Waals surface area (Å²) in [4.78, 5) is 15.9. The van der Waals surface area contributed by atoms with Crippen molar-refractivity contribution in [3.05, 3.63) is 64.9 Å². The van der Waals surface area contributed by atoms with Crippen molar-refractivity contribution in [3.8, 4) is 0 Å². The van der Waals surface area contributed by atoms with Crippen LogP contribution in [0.25, 0.3) is 0 Å². The second kappa shape index (κ2) is 7.76. The van der Waals surface area contributed by atoms with E-state index in [1.807, 2.05) is 30.3 Å². The molecule has 0 aliphatic heterocycles. The summed E-state index contributed by atoms with van der Waals surface area (Å²) in [6.45, 7) is 0.546. The van der Waals surface area contributed by atoms with Gasteiger partial charge in [-0.15, -0.1) is 0 Å². The lowest BCUT2D eigenvalue weighted by atomic mass is 9.96. The van der Waals surface area contributed by atoms with Crippen molar-refractivity contribution in [3.63, 3.8) is 0 Å². The molecule has 0 radical (unpaired) electrons. The first-order valence-corrected chi connectivity index (χ1v) is 7.14. The minimum absolute atomic E-state index is 0.0813. The largest absolute Gasteiger partial charge is 0.396 e. The molecule has 1 heterocycles. The Bertz CT molecular complexity index is 573. The quantitative estimate of drug-likeness (QED) is 0.807. The summed E-state index contributed by atoms with van der Waals surface area (Å²) < 4.78 is 0. The first-order valence-electron chi connectivity index (χ1n) is 6.76. The molecule has 0 aliphatic rings. The zero-order valence-corrected chi connectivity index (χ0v) is 12.3. The van der Waals surface area contributed by atoms with E-state index in [9.17, 15) is 9.90 Å². The van der Waals surface area contributed by atoms with Crippen molar-refractivity contribution in [2.24, 2.45) is 0 Å². The molecule has 0 aliphatic carbocycles. The number of nitrogens with one attached hydrogen (secondary N) is 1. The van der Waals surface area contributed by atoms with Crippen molar-refractivity contribution in [1.82, 2.24) is 10.3 Å². The first kappa shape index (κ1) is 15.5. The molecule has 2 rings (SSSR count).